The van der Waals surface area contributed by atoms with E-state index in [0.29, 0.717) is 31.0 Å². The normalized spacial score (nSPS) is 26.2. The van der Waals surface area contributed by atoms with E-state index in [2.05, 4.69) is 10.5 Å². The third-order valence-corrected chi connectivity index (χ3v) is 6.60. The largest absolute Gasteiger partial charge is 0.360 e. The van der Waals surface area contributed by atoms with E-state index >= 15 is 0 Å². The molecule has 1 aliphatic heterocycles. The molecule has 0 bridgehead atoms. The molecule has 1 saturated carbocycles. The molecular formula is C15H23N3O4S. The second-order valence-electron chi connectivity index (χ2n) is 6.44. The maximum Gasteiger partial charge on any atom is 0.273 e. The second kappa shape index (κ2) is 6.24. The van der Waals surface area contributed by atoms with Gasteiger partial charge in [-0.3, -0.25) is 4.79 Å². The molecule has 0 aromatic carbocycles. The lowest BCUT2D eigenvalue weighted by Gasteiger charge is -2.36. The highest BCUT2D eigenvalue weighted by atomic mass is 32.2. The predicted octanol–water partition coefficient (Wildman–Crippen LogP) is 1.48. The Kier molecular flexibility index (Phi) is 4.46. The van der Waals surface area contributed by atoms with Crippen molar-refractivity contribution in [3.8, 4) is 0 Å². The molecule has 2 heterocycles. The fourth-order valence-corrected chi connectivity index (χ4v) is 4.43. The van der Waals surface area contributed by atoms with Gasteiger partial charge in [0.1, 0.15) is 5.76 Å². The lowest BCUT2D eigenvalue weighted by Crippen LogP contribution is -2.51. The van der Waals surface area contributed by atoms with Crippen molar-refractivity contribution in [1.82, 2.24) is 14.8 Å². The van der Waals surface area contributed by atoms with Crippen LogP contribution in [0.2, 0.25) is 0 Å². The van der Waals surface area contributed by atoms with E-state index < -0.39 is 10.0 Å². The van der Waals surface area contributed by atoms with Crippen LogP contribution in [0.5, 0.6) is 0 Å². The summed E-state index contributed by atoms with van der Waals surface area (Å²) < 4.78 is 30.7. The van der Waals surface area contributed by atoms with Crippen molar-refractivity contribution in [3.63, 3.8) is 0 Å². The molecule has 1 amide bonds. The third kappa shape index (κ3) is 3.58. The Labute approximate surface area is 136 Å². The van der Waals surface area contributed by atoms with Gasteiger partial charge in [0.25, 0.3) is 5.91 Å². The molecular weight excluding hydrogens is 318 g/mol. The van der Waals surface area contributed by atoms with Crippen LogP contribution >= 0.6 is 0 Å². The summed E-state index contributed by atoms with van der Waals surface area (Å²) in [7, 11) is -3.18. The molecule has 128 valence electrons. The molecule has 1 N–H and O–H groups in total. The van der Waals surface area contributed by atoms with Gasteiger partial charge < -0.3 is 9.84 Å². The minimum Gasteiger partial charge on any atom is -0.360 e. The maximum absolute atomic E-state index is 12.2. The highest BCUT2D eigenvalue weighted by Crippen LogP contribution is 2.40. The first kappa shape index (κ1) is 16.4. The SMILES string of the molecule is CCS(=O)(=O)N1CCC(NC(=O)c2cc(C3CC3)on2)C[C@H]1C. The molecule has 23 heavy (non-hydrogen) atoms. The van der Waals surface area contributed by atoms with Crippen LogP contribution in [0, 0.1) is 0 Å². The zero-order valence-corrected chi connectivity index (χ0v) is 14.3. The Morgan fingerprint density at radius 1 is 1.43 bits per heavy atom. The Balaban J connectivity index is 1.57. The highest BCUT2D eigenvalue weighted by molar-refractivity contribution is 7.89. The number of nitrogens with zero attached hydrogens (tertiary/aromatic N) is 2. The van der Waals surface area contributed by atoms with Crippen molar-refractivity contribution in [3.05, 3.63) is 17.5 Å². The van der Waals surface area contributed by atoms with Gasteiger partial charge in [-0.15, -0.1) is 0 Å². The van der Waals surface area contributed by atoms with Gasteiger partial charge in [-0.25, -0.2) is 8.42 Å². The first-order valence-corrected chi connectivity index (χ1v) is 9.78. The van der Waals surface area contributed by atoms with E-state index in [-0.39, 0.29) is 23.7 Å². The zero-order valence-electron chi connectivity index (χ0n) is 13.5. The molecule has 2 fully saturated rings. The minimum absolute atomic E-state index is 0.0399. The number of piperidine rings is 1. The number of sulfonamides is 1. The molecule has 1 aliphatic carbocycles. The number of aromatic nitrogens is 1. The predicted molar refractivity (Wildman–Crippen MR) is 84.6 cm³/mol. The van der Waals surface area contributed by atoms with E-state index in [0.717, 1.165) is 18.6 Å². The Hall–Kier alpha value is -1.41. The molecule has 1 unspecified atom stereocenters. The van der Waals surface area contributed by atoms with Gasteiger partial charge in [-0.05, 0) is 39.5 Å². The van der Waals surface area contributed by atoms with Crippen LogP contribution < -0.4 is 5.32 Å². The average molecular weight is 341 g/mol. The highest BCUT2D eigenvalue weighted by Gasteiger charge is 2.34. The lowest BCUT2D eigenvalue weighted by atomic mass is 10.0. The lowest BCUT2D eigenvalue weighted by molar-refractivity contribution is 0.0905. The van der Waals surface area contributed by atoms with Crippen molar-refractivity contribution in [1.29, 1.82) is 0 Å². The van der Waals surface area contributed by atoms with Gasteiger partial charge in [0.2, 0.25) is 10.0 Å². The van der Waals surface area contributed by atoms with E-state index in [1.165, 1.54) is 4.31 Å². The summed E-state index contributed by atoms with van der Waals surface area (Å²) in [5.74, 6) is 1.07. The summed E-state index contributed by atoms with van der Waals surface area (Å²) >= 11 is 0. The number of rotatable bonds is 5. The van der Waals surface area contributed by atoms with Gasteiger partial charge in [0.15, 0.2) is 5.69 Å². The number of nitrogens with one attached hydrogen (secondary N) is 1. The number of hydrogen-bond donors (Lipinski definition) is 1. The maximum atomic E-state index is 12.2. The van der Waals surface area contributed by atoms with Crippen LogP contribution in [0.15, 0.2) is 10.6 Å². The summed E-state index contributed by atoms with van der Waals surface area (Å²) in [6.45, 7) is 3.97. The first-order valence-electron chi connectivity index (χ1n) is 8.17. The molecule has 2 aliphatic rings. The monoisotopic (exact) mass is 341 g/mol. The Morgan fingerprint density at radius 3 is 2.78 bits per heavy atom. The molecule has 0 radical (unpaired) electrons. The molecule has 2 atom stereocenters. The zero-order chi connectivity index (χ0) is 16.6. The van der Waals surface area contributed by atoms with Gasteiger partial charge in [0.05, 0.1) is 5.75 Å². The standard InChI is InChI=1S/C15H23N3O4S/c1-3-23(20,21)18-7-6-12(8-10(18)2)16-15(19)13-9-14(22-17-13)11-4-5-11/h9-12H,3-8H2,1-2H3,(H,16,19)/t10-,12?/m1/s1. The van der Waals surface area contributed by atoms with E-state index in [1.54, 1.807) is 13.0 Å². The molecule has 3 rings (SSSR count). The number of carbonyl (C=O) groups excluding carboxylic acids is 1. The summed E-state index contributed by atoms with van der Waals surface area (Å²) in [6, 6.07) is 1.56. The van der Waals surface area contributed by atoms with Gasteiger partial charge in [0, 0.05) is 30.6 Å². The fraction of sp³-hybridized carbons (Fsp3) is 0.733. The van der Waals surface area contributed by atoms with Crippen LogP contribution in [0.1, 0.15) is 61.7 Å². The van der Waals surface area contributed by atoms with Crippen LogP contribution in [-0.2, 0) is 10.0 Å². The number of carbonyl (C=O) groups is 1. The Bertz CT molecular complexity index is 681. The topological polar surface area (TPSA) is 92.5 Å². The number of hydrogen-bond acceptors (Lipinski definition) is 5. The molecule has 1 saturated heterocycles. The van der Waals surface area contributed by atoms with Gasteiger partial charge in [-0.2, -0.15) is 4.31 Å². The van der Waals surface area contributed by atoms with Gasteiger partial charge in [-0.1, -0.05) is 5.16 Å². The Morgan fingerprint density at radius 2 is 2.17 bits per heavy atom. The molecule has 0 spiro atoms. The average Bonchev–Trinajstić information content (AvgIpc) is 3.24. The van der Waals surface area contributed by atoms with Crippen molar-refractivity contribution in [2.45, 2.75) is 57.5 Å². The summed E-state index contributed by atoms with van der Waals surface area (Å²) in [5.41, 5.74) is 0.308. The van der Waals surface area contributed by atoms with E-state index in [4.69, 9.17) is 4.52 Å². The number of amides is 1. The third-order valence-electron chi connectivity index (χ3n) is 4.61. The van der Waals surface area contributed by atoms with Crippen LogP contribution in [0.3, 0.4) is 0 Å². The minimum atomic E-state index is -3.18. The summed E-state index contributed by atoms with van der Waals surface area (Å²) in [4.78, 5) is 12.2. The summed E-state index contributed by atoms with van der Waals surface area (Å²) in [6.07, 6.45) is 3.41. The van der Waals surface area contributed by atoms with Crippen LogP contribution in [-0.4, -0.2) is 48.2 Å². The van der Waals surface area contributed by atoms with Crippen molar-refractivity contribution in [2.24, 2.45) is 0 Å². The second-order valence-corrected chi connectivity index (χ2v) is 8.65. The van der Waals surface area contributed by atoms with Crippen molar-refractivity contribution >= 4 is 15.9 Å². The molecule has 1 aromatic heterocycles. The van der Waals surface area contributed by atoms with Crippen LogP contribution in [0.4, 0.5) is 0 Å². The van der Waals surface area contributed by atoms with Crippen molar-refractivity contribution in [2.75, 3.05) is 12.3 Å². The quantitative estimate of drug-likeness (QED) is 0.876. The fourth-order valence-electron chi connectivity index (χ4n) is 3.08. The van der Waals surface area contributed by atoms with Gasteiger partial charge >= 0.3 is 0 Å². The van der Waals surface area contributed by atoms with E-state index in [1.807, 2.05) is 6.92 Å². The summed E-state index contributed by atoms with van der Waals surface area (Å²) in [5, 5.41) is 6.78. The first-order chi connectivity index (χ1) is 10.9. The molecule has 7 nitrogen and oxygen atoms in total. The molecule has 8 heteroatoms. The van der Waals surface area contributed by atoms with Crippen molar-refractivity contribution < 1.29 is 17.7 Å². The van der Waals surface area contributed by atoms with E-state index in [9.17, 15) is 13.2 Å². The van der Waals surface area contributed by atoms with Crippen LogP contribution in [0.25, 0.3) is 0 Å². The smallest absolute Gasteiger partial charge is 0.273 e. The molecule has 1 aromatic rings.